The van der Waals surface area contributed by atoms with E-state index in [1.165, 1.54) is 0 Å². The summed E-state index contributed by atoms with van der Waals surface area (Å²) in [6.45, 7) is 6.19. The lowest BCUT2D eigenvalue weighted by Crippen LogP contribution is -2.29. The number of hydrogen-bond acceptors (Lipinski definition) is 3. The first kappa shape index (κ1) is 23.7. The zero-order valence-corrected chi connectivity index (χ0v) is 21.8. The molecule has 2 aromatic carbocycles. The van der Waals surface area contributed by atoms with Gasteiger partial charge in [-0.05, 0) is 92.6 Å². The first-order chi connectivity index (χ1) is 16.8. The van der Waals surface area contributed by atoms with Gasteiger partial charge in [0.25, 0.3) is 0 Å². The van der Waals surface area contributed by atoms with Gasteiger partial charge < -0.3 is 19.9 Å². The van der Waals surface area contributed by atoms with E-state index >= 15 is 0 Å². The van der Waals surface area contributed by atoms with Gasteiger partial charge in [-0.3, -0.25) is 4.98 Å². The molecule has 2 atom stereocenters. The summed E-state index contributed by atoms with van der Waals surface area (Å²) in [5.41, 5.74) is 6.61. The molecule has 35 heavy (non-hydrogen) atoms. The zero-order chi connectivity index (χ0) is 24.9. The highest BCUT2D eigenvalue weighted by atomic mass is 35.5. The Balaban J connectivity index is 1.73. The highest BCUT2D eigenvalue weighted by Crippen LogP contribution is 2.46. The molecule has 0 spiro atoms. The summed E-state index contributed by atoms with van der Waals surface area (Å²) >= 11 is 18.6. The van der Waals surface area contributed by atoms with E-state index in [4.69, 9.17) is 35.4 Å². The van der Waals surface area contributed by atoms with E-state index in [0.29, 0.717) is 15.8 Å². The Bertz CT molecular complexity index is 1440. The predicted molar refractivity (Wildman–Crippen MR) is 146 cm³/mol. The minimum absolute atomic E-state index is 0.102. The standard InChI is InChI=1S/C27H24Cl2N4OS/c1-15-13-19(17(3)32(15)22-9-6-7-20(29)16(22)2)26-25(21-8-4-5-12-30-21)31-27(35)33(26)23-14-18(28)10-11-24(23)34/h4-14,25-26,34H,1-3H3,(H,31,35)/t25-,26+/m1/s1. The molecule has 2 aromatic heterocycles. The monoisotopic (exact) mass is 522 g/mol. The smallest absolute Gasteiger partial charge is 0.174 e. The second-order valence-corrected chi connectivity index (χ2v) is 9.91. The molecule has 1 saturated heterocycles. The van der Waals surface area contributed by atoms with Crippen molar-refractivity contribution in [2.75, 3.05) is 4.90 Å². The van der Waals surface area contributed by atoms with Crippen LogP contribution in [0.25, 0.3) is 5.69 Å². The highest BCUT2D eigenvalue weighted by Gasteiger charge is 2.43. The van der Waals surface area contributed by atoms with Gasteiger partial charge in [0.15, 0.2) is 5.11 Å². The van der Waals surface area contributed by atoms with Crippen LogP contribution in [0.1, 0.15) is 40.3 Å². The summed E-state index contributed by atoms with van der Waals surface area (Å²) in [6.07, 6.45) is 1.77. The number of nitrogens with one attached hydrogen (secondary N) is 1. The van der Waals surface area contributed by atoms with Crippen molar-refractivity contribution in [1.29, 1.82) is 0 Å². The molecule has 2 N–H and O–H groups in total. The van der Waals surface area contributed by atoms with Gasteiger partial charge in [-0.2, -0.15) is 0 Å². The van der Waals surface area contributed by atoms with Crippen LogP contribution in [0, 0.1) is 20.8 Å². The Kier molecular flexibility index (Phi) is 6.21. The summed E-state index contributed by atoms with van der Waals surface area (Å²) in [5.74, 6) is 0.102. The number of nitrogens with zero attached hydrogens (tertiary/aromatic N) is 3. The van der Waals surface area contributed by atoms with E-state index in [2.05, 4.69) is 40.8 Å². The van der Waals surface area contributed by atoms with Crippen LogP contribution in [0.2, 0.25) is 10.0 Å². The second-order valence-electron chi connectivity index (χ2n) is 8.68. The Hall–Kier alpha value is -3.06. The molecular formula is C27H24Cl2N4OS. The Morgan fingerprint density at radius 2 is 1.77 bits per heavy atom. The fraction of sp³-hybridized carbons (Fsp3) is 0.185. The SMILES string of the molecule is Cc1c(Cl)cccc1-n1c(C)cc([C@H]2[C@@H](c3ccccn3)NC(=S)N2c2cc(Cl)ccc2O)c1C. The van der Waals surface area contributed by atoms with Gasteiger partial charge in [0, 0.05) is 33.3 Å². The third-order valence-corrected chi connectivity index (χ3v) is 7.52. The maximum Gasteiger partial charge on any atom is 0.174 e. The quantitative estimate of drug-likeness (QED) is 0.283. The summed E-state index contributed by atoms with van der Waals surface area (Å²) in [5, 5.41) is 16.0. The largest absolute Gasteiger partial charge is 0.506 e. The van der Waals surface area contributed by atoms with Crippen LogP contribution in [-0.4, -0.2) is 19.8 Å². The molecule has 0 saturated carbocycles. The lowest BCUT2D eigenvalue weighted by molar-refractivity contribution is 0.472. The minimum atomic E-state index is -0.277. The summed E-state index contributed by atoms with van der Waals surface area (Å²) in [4.78, 5) is 6.56. The lowest BCUT2D eigenvalue weighted by atomic mass is 9.96. The number of aromatic nitrogens is 2. The molecule has 178 valence electrons. The summed E-state index contributed by atoms with van der Waals surface area (Å²) < 4.78 is 2.21. The van der Waals surface area contributed by atoms with Crippen LogP contribution in [0.4, 0.5) is 5.69 Å². The van der Waals surface area contributed by atoms with Crippen LogP contribution in [0.5, 0.6) is 5.75 Å². The number of anilines is 1. The van der Waals surface area contributed by atoms with E-state index < -0.39 is 0 Å². The van der Waals surface area contributed by atoms with Crippen molar-refractivity contribution in [1.82, 2.24) is 14.9 Å². The van der Waals surface area contributed by atoms with E-state index in [-0.39, 0.29) is 17.8 Å². The molecule has 8 heteroatoms. The number of thiocarbonyl (C=S) groups is 1. The van der Waals surface area contributed by atoms with Gasteiger partial charge in [0.2, 0.25) is 0 Å². The lowest BCUT2D eigenvalue weighted by Gasteiger charge is -2.29. The number of phenolic OH excluding ortho intramolecular Hbond substituents is 1. The number of halogens is 2. The number of pyridine rings is 1. The first-order valence-electron chi connectivity index (χ1n) is 11.2. The first-order valence-corrected chi connectivity index (χ1v) is 12.4. The number of phenols is 1. The maximum absolute atomic E-state index is 10.8. The van der Waals surface area contributed by atoms with Gasteiger partial charge >= 0.3 is 0 Å². The Morgan fingerprint density at radius 1 is 0.971 bits per heavy atom. The fourth-order valence-electron chi connectivity index (χ4n) is 4.92. The average molecular weight is 523 g/mol. The van der Waals surface area contributed by atoms with Gasteiger partial charge in [-0.25, -0.2) is 0 Å². The van der Waals surface area contributed by atoms with Gasteiger partial charge in [0.1, 0.15) is 5.75 Å². The molecular weight excluding hydrogens is 499 g/mol. The normalized spacial score (nSPS) is 17.6. The summed E-state index contributed by atoms with van der Waals surface area (Å²) in [7, 11) is 0. The molecule has 1 aliphatic rings. The van der Waals surface area contributed by atoms with Gasteiger partial charge in [-0.1, -0.05) is 35.3 Å². The summed E-state index contributed by atoms with van der Waals surface area (Å²) in [6, 6.07) is 18.4. The van der Waals surface area contributed by atoms with E-state index in [1.807, 2.05) is 42.2 Å². The van der Waals surface area contributed by atoms with E-state index in [0.717, 1.165) is 38.9 Å². The van der Waals surface area contributed by atoms with Crippen molar-refractivity contribution in [3.05, 3.63) is 105 Å². The molecule has 1 fully saturated rings. The van der Waals surface area contributed by atoms with Crippen molar-refractivity contribution in [3.8, 4) is 11.4 Å². The van der Waals surface area contributed by atoms with Crippen molar-refractivity contribution in [2.24, 2.45) is 0 Å². The fourth-order valence-corrected chi connectivity index (χ4v) is 5.59. The minimum Gasteiger partial charge on any atom is -0.506 e. The number of benzene rings is 2. The average Bonchev–Trinajstić information content (AvgIpc) is 3.33. The molecule has 5 nitrogen and oxygen atoms in total. The highest BCUT2D eigenvalue weighted by molar-refractivity contribution is 7.80. The topological polar surface area (TPSA) is 53.3 Å². The zero-order valence-electron chi connectivity index (χ0n) is 19.5. The van der Waals surface area contributed by atoms with Crippen LogP contribution in [0.3, 0.4) is 0 Å². The number of rotatable bonds is 4. The van der Waals surface area contributed by atoms with Crippen molar-refractivity contribution < 1.29 is 5.11 Å². The molecule has 0 unspecified atom stereocenters. The third kappa shape index (κ3) is 4.05. The number of hydrogen-bond donors (Lipinski definition) is 2. The molecule has 0 radical (unpaired) electrons. The van der Waals surface area contributed by atoms with Crippen LogP contribution < -0.4 is 10.2 Å². The molecule has 4 aromatic rings. The molecule has 0 aliphatic carbocycles. The second kappa shape index (κ2) is 9.19. The van der Waals surface area contributed by atoms with Crippen LogP contribution >= 0.6 is 35.4 Å². The molecule has 0 bridgehead atoms. The van der Waals surface area contributed by atoms with Gasteiger partial charge in [-0.15, -0.1) is 0 Å². The van der Waals surface area contributed by atoms with Crippen molar-refractivity contribution in [3.63, 3.8) is 0 Å². The number of aromatic hydroxyl groups is 1. The number of aryl methyl sites for hydroxylation is 1. The predicted octanol–water partition coefficient (Wildman–Crippen LogP) is 6.99. The molecule has 1 aliphatic heterocycles. The van der Waals surface area contributed by atoms with Crippen LogP contribution in [0.15, 0.2) is 66.9 Å². The Morgan fingerprint density at radius 3 is 2.51 bits per heavy atom. The van der Waals surface area contributed by atoms with E-state index in [9.17, 15) is 5.11 Å². The molecule has 3 heterocycles. The van der Waals surface area contributed by atoms with E-state index in [1.54, 1.807) is 24.4 Å². The molecule has 0 amide bonds. The maximum atomic E-state index is 10.8. The Labute approximate surface area is 219 Å². The van der Waals surface area contributed by atoms with Gasteiger partial charge in [0.05, 0.1) is 23.5 Å². The van der Waals surface area contributed by atoms with Crippen LogP contribution in [-0.2, 0) is 0 Å². The van der Waals surface area contributed by atoms with Crippen molar-refractivity contribution >= 4 is 46.2 Å². The molecule has 5 rings (SSSR count). The van der Waals surface area contributed by atoms with Crippen molar-refractivity contribution in [2.45, 2.75) is 32.9 Å². The third-order valence-electron chi connectivity index (χ3n) is 6.56.